The summed E-state index contributed by atoms with van der Waals surface area (Å²) >= 11 is 0. The van der Waals surface area contributed by atoms with E-state index >= 15 is 0 Å². The number of hydrogen-bond donors (Lipinski definition) is 0. The van der Waals surface area contributed by atoms with Crippen molar-refractivity contribution in [2.75, 3.05) is 13.7 Å². The number of rotatable bonds is 6. The summed E-state index contributed by atoms with van der Waals surface area (Å²) < 4.78 is 7.66. The van der Waals surface area contributed by atoms with E-state index in [4.69, 9.17) is 4.74 Å². The molecule has 2 rings (SSSR count). The van der Waals surface area contributed by atoms with E-state index < -0.39 is 0 Å². The summed E-state index contributed by atoms with van der Waals surface area (Å²) in [5.74, 6) is 0.209. The normalized spacial score (nSPS) is 22.7. The standard InChI is InChI=1S/C18H31N3O2/c1-8-23-16-11-15(18(16,4)5)20(6)17(22)10-9-14-12(2)19-21(7)13(14)3/h15-16H,8-11H2,1-7H3/t15-,16-/m0/s1. The minimum absolute atomic E-state index is 0.0283. The van der Waals surface area contributed by atoms with Crippen molar-refractivity contribution < 1.29 is 9.53 Å². The van der Waals surface area contributed by atoms with E-state index in [-0.39, 0.29) is 23.5 Å². The highest BCUT2D eigenvalue weighted by Gasteiger charge is 2.51. The molecule has 0 aromatic carbocycles. The molecule has 1 fully saturated rings. The van der Waals surface area contributed by atoms with E-state index in [1.54, 1.807) is 0 Å². The van der Waals surface area contributed by atoms with Gasteiger partial charge in [-0.2, -0.15) is 5.10 Å². The van der Waals surface area contributed by atoms with Crippen LogP contribution in [0.15, 0.2) is 0 Å². The zero-order valence-corrected chi connectivity index (χ0v) is 15.6. The van der Waals surface area contributed by atoms with E-state index in [1.165, 1.54) is 5.56 Å². The molecule has 1 saturated carbocycles. The van der Waals surface area contributed by atoms with Gasteiger partial charge in [0.05, 0.1) is 11.8 Å². The highest BCUT2D eigenvalue weighted by Crippen LogP contribution is 2.45. The fraction of sp³-hybridized carbons (Fsp3) is 0.778. The lowest BCUT2D eigenvalue weighted by molar-refractivity contribution is -0.163. The fourth-order valence-corrected chi connectivity index (χ4v) is 3.77. The Kier molecular flexibility index (Phi) is 5.19. The summed E-state index contributed by atoms with van der Waals surface area (Å²) in [5.41, 5.74) is 3.41. The van der Waals surface area contributed by atoms with Crippen LogP contribution in [-0.2, 0) is 23.0 Å². The number of carbonyl (C=O) groups is 1. The van der Waals surface area contributed by atoms with Crippen LogP contribution in [0.3, 0.4) is 0 Å². The van der Waals surface area contributed by atoms with Gasteiger partial charge in [-0.15, -0.1) is 0 Å². The van der Waals surface area contributed by atoms with E-state index in [9.17, 15) is 4.79 Å². The number of carbonyl (C=O) groups excluding carboxylic acids is 1. The molecule has 1 aliphatic rings. The molecular formula is C18H31N3O2. The molecule has 0 aliphatic heterocycles. The summed E-state index contributed by atoms with van der Waals surface area (Å²) in [5, 5.41) is 4.42. The third-order valence-electron chi connectivity index (χ3n) is 5.60. The van der Waals surface area contributed by atoms with Gasteiger partial charge in [0.1, 0.15) is 0 Å². The van der Waals surface area contributed by atoms with Crippen LogP contribution >= 0.6 is 0 Å². The maximum Gasteiger partial charge on any atom is 0.222 e. The maximum absolute atomic E-state index is 12.6. The Balaban J connectivity index is 1.94. The SMILES string of the molecule is CCO[C@H]1C[C@H](N(C)C(=O)CCc2c(C)nn(C)c2C)C1(C)C. The summed E-state index contributed by atoms with van der Waals surface area (Å²) in [6.45, 7) is 11.2. The van der Waals surface area contributed by atoms with Gasteiger partial charge in [0.25, 0.3) is 0 Å². The van der Waals surface area contributed by atoms with Gasteiger partial charge < -0.3 is 9.64 Å². The van der Waals surface area contributed by atoms with E-state index in [0.29, 0.717) is 6.42 Å². The fourth-order valence-electron chi connectivity index (χ4n) is 3.77. The molecule has 1 aromatic rings. The third kappa shape index (κ3) is 3.30. The topological polar surface area (TPSA) is 47.4 Å². The van der Waals surface area contributed by atoms with E-state index in [0.717, 1.165) is 30.8 Å². The molecule has 1 heterocycles. The van der Waals surface area contributed by atoms with Crippen LogP contribution in [0.2, 0.25) is 0 Å². The number of hydrogen-bond acceptors (Lipinski definition) is 3. The zero-order chi connectivity index (χ0) is 17.4. The molecule has 23 heavy (non-hydrogen) atoms. The van der Waals surface area contributed by atoms with Crippen molar-refractivity contribution in [1.29, 1.82) is 0 Å². The maximum atomic E-state index is 12.6. The monoisotopic (exact) mass is 321 g/mol. The molecule has 0 saturated heterocycles. The largest absolute Gasteiger partial charge is 0.378 e. The lowest BCUT2D eigenvalue weighted by Gasteiger charge is -2.54. The summed E-state index contributed by atoms with van der Waals surface area (Å²) in [4.78, 5) is 14.5. The van der Waals surface area contributed by atoms with Crippen LogP contribution < -0.4 is 0 Å². The number of nitrogens with zero attached hydrogens (tertiary/aromatic N) is 3. The molecule has 1 aliphatic carbocycles. The third-order valence-corrected chi connectivity index (χ3v) is 5.60. The van der Waals surface area contributed by atoms with Crippen LogP contribution in [0.25, 0.3) is 0 Å². The minimum atomic E-state index is 0.0283. The van der Waals surface area contributed by atoms with Crippen LogP contribution in [0.5, 0.6) is 0 Å². The molecule has 0 N–H and O–H groups in total. The predicted octanol–water partition coefficient (Wildman–Crippen LogP) is 2.63. The number of aryl methyl sites for hydroxylation is 2. The van der Waals surface area contributed by atoms with Gasteiger partial charge in [-0.25, -0.2) is 0 Å². The highest BCUT2D eigenvalue weighted by atomic mass is 16.5. The molecule has 0 unspecified atom stereocenters. The van der Waals surface area contributed by atoms with Gasteiger partial charge in [0.2, 0.25) is 5.91 Å². The second-order valence-electron chi connectivity index (χ2n) is 7.29. The second-order valence-corrected chi connectivity index (χ2v) is 7.29. The smallest absolute Gasteiger partial charge is 0.222 e. The Morgan fingerprint density at radius 2 is 2.09 bits per heavy atom. The van der Waals surface area contributed by atoms with Gasteiger partial charge in [-0.3, -0.25) is 9.48 Å². The molecule has 5 heteroatoms. The first-order valence-electron chi connectivity index (χ1n) is 8.56. The number of aromatic nitrogens is 2. The van der Waals surface area contributed by atoms with Crippen molar-refractivity contribution in [3.05, 3.63) is 17.0 Å². The van der Waals surface area contributed by atoms with Crippen molar-refractivity contribution in [2.24, 2.45) is 12.5 Å². The molecule has 1 amide bonds. The minimum Gasteiger partial charge on any atom is -0.378 e. The lowest BCUT2D eigenvalue weighted by atomic mass is 9.63. The van der Waals surface area contributed by atoms with Gasteiger partial charge in [-0.1, -0.05) is 13.8 Å². The van der Waals surface area contributed by atoms with Gasteiger partial charge in [0.15, 0.2) is 0 Å². The van der Waals surface area contributed by atoms with Gasteiger partial charge >= 0.3 is 0 Å². The number of amides is 1. The summed E-state index contributed by atoms with van der Waals surface area (Å²) in [7, 11) is 3.88. The Bertz CT molecular complexity index is 577. The molecule has 0 radical (unpaired) electrons. The highest BCUT2D eigenvalue weighted by molar-refractivity contribution is 5.76. The predicted molar refractivity (Wildman–Crippen MR) is 91.4 cm³/mol. The van der Waals surface area contributed by atoms with Crippen LogP contribution in [-0.4, -0.2) is 46.4 Å². The van der Waals surface area contributed by atoms with Crippen molar-refractivity contribution >= 4 is 5.91 Å². The van der Waals surface area contributed by atoms with Crippen molar-refractivity contribution in [3.8, 4) is 0 Å². The molecular weight excluding hydrogens is 290 g/mol. The van der Waals surface area contributed by atoms with Crippen LogP contribution in [0.1, 0.15) is 50.6 Å². The molecule has 2 atom stereocenters. The second kappa shape index (κ2) is 6.63. The van der Waals surface area contributed by atoms with E-state index in [2.05, 4.69) is 25.9 Å². The Labute approximate surface area is 140 Å². The summed E-state index contributed by atoms with van der Waals surface area (Å²) in [6.07, 6.45) is 2.50. The molecule has 0 spiro atoms. The molecule has 1 aromatic heterocycles. The average molecular weight is 321 g/mol. The molecule has 130 valence electrons. The van der Waals surface area contributed by atoms with Crippen molar-refractivity contribution in [1.82, 2.24) is 14.7 Å². The quantitative estimate of drug-likeness (QED) is 0.809. The number of ether oxygens (including phenoxy) is 1. The molecule has 5 nitrogen and oxygen atoms in total. The van der Waals surface area contributed by atoms with Crippen molar-refractivity contribution in [2.45, 2.75) is 66.0 Å². The van der Waals surface area contributed by atoms with Crippen molar-refractivity contribution in [3.63, 3.8) is 0 Å². The lowest BCUT2D eigenvalue weighted by Crippen LogP contribution is -2.62. The van der Waals surface area contributed by atoms with Gasteiger partial charge in [-0.05, 0) is 39.2 Å². The zero-order valence-electron chi connectivity index (χ0n) is 15.6. The Hall–Kier alpha value is -1.36. The van der Waals surface area contributed by atoms with Crippen LogP contribution in [0, 0.1) is 19.3 Å². The Morgan fingerprint density at radius 1 is 1.43 bits per heavy atom. The van der Waals surface area contributed by atoms with E-state index in [1.807, 2.05) is 37.5 Å². The Morgan fingerprint density at radius 3 is 2.57 bits per heavy atom. The first-order chi connectivity index (χ1) is 10.7. The first-order valence-corrected chi connectivity index (χ1v) is 8.56. The average Bonchev–Trinajstić information content (AvgIpc) is 2.73. The molecule has 0 bridgehead atoms. The van der Waals surface area contributed by atoms with Gasteiger partial charge in [0, 0.05) is 44.3 Å². The van der Waals surface area contributed by atoms with Crippen LogP contribution in [0.4, 0.5) is 0 Å². The first kappa shape index (κ1) is 18.0. The summed E-state index contributed by atoms with van der Waals surface area (Å²) in [6, 6.07) is 0.266.